The molecule has 3 heterocycles. The van der Waals surface area contributed by atoms with E-state index in [2.05, 4.69) is 97.1 Å². The van der Waals surface area contributed by atoms with Gasteiger partial charge in [-0.3, -0.25) is 0 Å². The van der Waals surface area contributed by atoms with E-state index in [0.717, 1.165) is 0 Å². The van der Waals surface area contributed by atoms with Gasteiger partial charge in [-0.2, -0.15) is 0 Å². The van der Waals surface area contributed by atoms with Crippen LogP contribution in [0.4, 0.5) is 0 Å². The standard InChI is InChI=1S/C30H16P3S3/c34-31-19-11-13-21-27-25(19)26-20(31)12-14-22-28(26)30-24(33(22,36)18-9-5-2-6-10-18)16-15-23(29(27)30)32(21,35)17-7-3-1-4-8-17/h1-16H/q+1. The van der Waals surface area contributed by atoms with E-state index < -0.39 is 18.4 Å². The van der Waals surface area contributed by atoms with Crippen molar-refractivity contribution in [3.05, 3.63) is 97.1 Å². The van der Waals surface area contributed by atoms with Gasteiger partial charge in [0, 0.05) is 65.6 Å². The smallest absolute Gasteiger partial charge is 0.0826 e. The van der Waals surface area contributed by atoms with Crippen molar-refractivity contribution < 1.29 is 0 Å². The summed E-state index contributed by atoms with van der Waals surface area (Å²) in [4.78, 5) is 0. The highest BCUT2D eigenvalue weighted by Crippen LogP contribution is 2.62. The lowest BCUT2D eigenvalue weighted by atomic mass is 9.95. The Bertz CT molecular complexity index is 2120. The molecule has 9 rings (SSSR count). The van der Waals surface area contributed by atoms with Gasteiger partial charge in [-0.05, 0) is 34.9 Å². The van der Waals surface area contributed by atoms with Crippen molar-refractivity contribution in [1.29, 1.82) is 0 Å². The van der Waals surface area contributed by atoms with Crippen LogP contribution in [0.3, 0.4) is 0 Å². The Kier molecular flexibility index (Phi) is 3.88. The summed E-state index contributed by atoms with van der Waals surface area (Å²) < 4.78 is 0. The van der Waals surface area contributed by atoms with Crippen LogP contribution in [-0.4, -0.2) is 0 Å². The van der Waals surface area contributed by atoms with Crippen LogP contribution in [0.1, 0.15) is 0 Å². The fraction of sp³-hybridized carbons (Fsp3) is 0. The molecule has 2 aliphatic heterocycles. The Morgan fingerprint density at radius 2 is 0.750 bits per heavy atom. The maximum Gasteiger partial charge on any atom is 0.251 e. The average molecular weight is 566 g/mol. The zero-order valence-corrected chi connectivity index (χ0v) is 23.9. The Morgan fingerprint density at radius 1 is 0.417 bits per heavy atom. The molecule has 0 amide bonds. The van der Waals surface area contributed by atoms with Crippen molar-refractivity contribution in [3.63, 3.8) is 0 Å². The van der Waals surface area contributed by atoms with E-state index in [1.807, 2.05) is 0 Å². The lowest BCUT2D eigenvalue weighted by molar-refractivity contribution is 1.77. The first-order chi connectivity index (χ1) is 17.6. The van der Waals surface area contributed by atoms with Gasteiger partial charge < -0.3 is 0 Å². The minimum atomic E-state index is -2.19. The molecule has 6 aromatic carbocycles. The third kappa shape index (κ3) is 2.09. The van der Waals surface area contributed by atoms with Gasteiger partial charge in [0.05, 0.1) is 0 Å². The first-order valence-electron chi connectivity index (χ1n) is 11.9. The predicted molar refractivity (Wildman–Crippen MR) is 173 cm³/mol. The van der Waals surface area contributed by atoms with E-state index in [1.165, 1.54) is 74.4 Å². The Balaban J connectivity index is 1.62. The van der Waals surface area contributed by atoms with Crippen LogP contribution in [0.5, 0.6) is 0 Å². The van der Waals surface area contributed by atoms with E-state index >= 15 is 0 Å². The van der Waals surface area contributed by atoms with Crippen molar-refractivity contribution in [3.8, 4) is 0 Å². The largest absolute Gasteiger partial charge is 0.251 e. The lowest BCUT2D eigenvalue weighted by Gasteiger charge is -2.22. The molecule has 2 aliphatic rings. The molecule has 2 unspecified atom stereocenters. The third-order valence-corrected chi connectivity index (χ3v) is 20.9. The molecule has 0 N–H and O–H groups in total. The molecule has 1 aromatic heterocycles. The van der Waals surface area contributed by atoms with Crippen LogP contribution in [0.25, 0.3) is 42.6 Å². The third-order valence-electron chi connectivity index (χ3n) is 8.27. The Morgan fingerprint density at radius 3 is 1.14 bits per heavy atom. The van der Waals surface area contributed by atoms with Crippen molar-refractivity contribution in [2.75, 3.05) is 0 Å². The van der Waals surface area contributed by atoms with E-state index in [9.17, 15) is 0 Å². The number of rotatable bonds is 2. The van der Waals surface area contributed by atoms with Gasteiger partial charge in [-0.1, -0.05) is 96.4 Å². The van der Waals surface area contributed by atoms with Crippen LogP contribution in [0, 0.1) is 0 Å². The summed E-state index contributed by atoms with van der Waals surface area (Å²) in [6.45, 7) is 0. The van der Waals surface area contributed by atoms with E-state index in [-0.39, 0.29) is 0 Å². The van der Waals surface area contributed by atoms with Crippen LogP contribution in [-0.2, 0) is 23.6 Å². The second kappa shape index (κ2) is 6.67. The van der Waals surface area contributed by atoms with Crippen molar-refractivity contribution in [1.82, 2.24) is 0 Å². The van der Waals surface area contributed by atoms with Crippen molar-refractivity contribution in [2.45, 2.75) is 0 Å². The van der Waals surface area contributed by atoms with Crippen LogP contribution >= 0.6 is 30.2 Å². The fourth-order valence-electron chi connectivity index (χ4n) is 6.87. The van der Waals surface area contributed by atoms with Crippen LogP contribution in [0.15, 0.2) is 97.1 Å². The van der Waals surface area contributed by atoms with Gasteiger partial charge >= 0.3 is 0 Å². The normalized spacial score (nSPS) is 22.4. The topological polar surface area (TPSA) is 0 Å². The molecule has 168 valence electrons. The molecular weight excluding hydrogens is 549 g/mol. The average Bonchev–Trinajstić information content (AvgIpc) is 3.48. The maximum absolute atomic E-state index is 6.77. The summed E-state index contributed by atoms with van der Waals surface area (Å²) in [7, 11) is 0. The molecular formula is C30H16P3S3+. The SMILES string of the molecule is S=[p+]1c2ccc3c4c5c(ccc6c5c5c(ccc1c5c42)P6(=S)c1ccccc1)P3(=S)c1ccccc1. The first kappa shape index (κ1) is 20.9. The molecule has 36 heavy (non-hydrogen) atoms. The first-order valence-corrected chi connectivity index (χ1v) is 19.8. The minimum absolute atomic E-state index is 0.800. The number of hydrogen-bond acceptors (Lipinski definition) is 3. The second-order valence-electron chi connectivity index (χ2n) is 9.75. The Hall–Kier alpha value is -2.08. The van der Waals surface area contributed by atoms with E-state index in [4.69, 9.17) is 35.4 Å². The summed E-state index contributed by atoms with van der Waals surface area (Å²) in [6.07, 6.45) is -0.800. The zero-order valence-electron chi connectivity index (χ0n) is 18.8. The highest BCUT2D eigenvalue weighted by molar-refractivity contribution is 8.27. The summed E-state index contributed by atoms with van der Waals surface area (Å²) in [5.74, 6) is 0. The second-order valence-corrected chi connectivity index (χ2v) is 21.1. The molecule has 0 fully saturated rings. The van der Waals surface area contributed by atoms with E-state index in [1.54, 1.807) is 0 Å². The summed E-state index contributed by atoms with van der Waals surface area (Å²) in [5, 5.41) is 18.8. The van der Waals surface area contributed by atoms with Gasteiger partial charge in [-0.15, -0.1) is 0 Å². The fourth-order valence-corrected chi connectivity index (χ4v) is 18.0. The molecule has 0 saturated carbocycles. The molecule has 2 atom stereocenters. The van der Waals surface area contributed by atoms with Gasteiger partial charge in [0.25, 0.3) is 6.31 Å². The maximum atomic E-state index is 6.77. The highest BCUT2D eigenvalue weighted by atomic mass is 32.4. The summed E-state index contributed by atoms with van der Waals surface area (Å²) in [5.41, 5.74) is 0. The predicted octanol–water partition coefficient (Wildman–Crippen LogP) is 6.82. The molecule has 0 nitrogen and oxygen atoms in total. The highest BCUT2D eigenvalue weighted by Gasteiger charge is 2.44. The van der Waals surface area contributed by atoms with Crippen LogP contribution in [0.2, 0.25) is 0 Å². The molecule has 6 heteroatoms. The molecule has 0 aliphatic carbocycles. The monoisotopic (exact) mass is 565 g/mol. The van der Waals surface area contributed by atoms with Gasteiger partial charge in [0.2, 0.25) is 0 Å². The zero-order chi connectivity index (χ0) is 24.0. The quantitative estimate of drug-likeness (QED) is 0.167. The molecule has 0 saturated heterocycles. The van der Waals surface area contributed by atoms with Crippen molar-refractivity contribution in [2.24, 2.45) is 0 Å². The Labute approximate surface area is 224 Å². The number of benzene rings is 6. The lowest BCUT2D eigenvalue weighted by Crippen LogP contribution is -2.23. The molecule has 7 aromatic rings. The van der Waals surface area contributed by atoms with Crippen molar-refractivity contribution >= 4 is 128 Å². The van der Waals surface area contributed by atoms with Gasteiger partial charge in [0.15, 0.2) is 22.0 Å². The van der Waals surface area contributed by atoms with Crippen LogP contribution < -0.4 is 31.8 Å². The number of hydrogen-bond donors (Lipinski definition) is 0. The minimum Gasteiger partial charge on any atom is -0.0826 e. The van der Waals surface area contributed by atoms with E-state index in [0.29, 0.717) is 0 Å². The summed E-state index contributed by atoms with van der Waals surface area (Å²) in [6, 6.07) is 31.2. The molecule has 0 spiro atoms. The molecule has 0 radical (unpaired) electrons. The summed E-state index contributed by atoms with van der Waals surface area (Å²) >= 11 is 19.8. The van der Waals surface area contributed by atoms with Gasteiger partial charge in [0.1, 0.15) is 0 Å². The van der Waals surface area contributed by atoms with Gasteiger partial charge in [-0.25, -0.2) is 0 Å². The molecule has 0 bridgehead atoms.